The van der Waals surface area contributed by atoms with Gasteiger partial charge in [0.1, 0.15) is 29.4 Å². The normalized spacial score (nSPS) is 11.9. The highest BCUT2D eigenvalue weighted by atomic mass is 16.5. The lowest BCUT2D eigenvalue weighted by atomic mass is 9.84. The molecule has 0 aliphatic rings. The molecular weight excluding hydrogens is 394 g/mol. The predicted molar refractivity (Wildman–Crippen MR) is 125 cm³/mol. The smallest absolute Gasteiger partial charge is 0.339 e. The molecular formula is C24H33N3O4. The summed E-state index contributed by atoms with van der Waals surface area (Å²) in [5.74, 6) is -1.16. The van der Waals surface area contributed by atoms with Crippen molar-refractivity contribution in [3.8, 4) is 11.5 Å². The van der Waals surface area contributed by atoms with Crippen molar-refractivity contribution in [1.82, 2.24) is 5.43 Å². The van der Waals surface area contributed by atoms with E-state index in [1.165, 1.54) is 29.4 Å². The van der Waals surface area contributed by atoms with Crippen LogP contribution in [0.2, 0.25) is 0 Å². The first-order chi connectivity index (χ1) is 14.6. The van der Waals surface area contributed by atoms with Crippen molar-refractivity contribution in [2.75, 3.05) is 31.6 Å². The molecule has 0 fully saturated rings. The van der Waals surface area contributed by atoms with Crippen LogP contribution in [0.3, 0.4) is 0 Å². The molecule has 31 heavy (non-hydrogen) atoms. The summed E-state index contributed by atoms with van der Waals surface area (Å²) < 4.78 is 5.80. The first kappa shape index (κ1) is 24.1. The topological polar surface area (TPSA) is 94.4 Å². The molecule has 0 atom stereocenters. The Balaban J connectivity index is 2.36. The fourth-order valence-electron chi connectivity index (χ4n) is 3.41. The van der Waals surface area contributed by atoms with Crippen LogP contribution in [0.15, 0.2) is 41.5 Å². The number of aromatic hydroxyl groups is 1. The van der Waals surface area contributed by atoms with Crippen molar-refractivity contribution in [1.29, 1.82) is 0 Å². The molecule has 0 aromatic heterocycles. The van der Waals surface area contributed by atoms with Crippen molar-refractivity contribution >= 4 is 17.4 Å². The number of nitrogens with one attached hydrogen (secondary N) is 1. The minimum absolute atomic E-state index is 0.0575. The molecule has 0 heterocycles. The third-order valence-corrected chi connectivity index (χ3v) is 5.06. The zero-order valence-electron chi connectivity index (χ0n) is 19.2. The molecule has 3 N–H and O–H groups in total. The van der Waals surface area contributed by atoms with Gasteiger partial charge in [-0.15, -0.1) is 0 Å². The van der Waals surface area contributed by atoms with Gasteiger partial charge in [-0.3, -0.25) is 0 Å². The summed E-state index contributed by atoms with van der Waals surface area (Å²) in [5, 5.41) is 23.3. The zero-order chi connectivity index (χ0) is 23.2. The van der Waals surface area contributed by atoms with Gasteiger partial charge in [0.25, 0.3) is 0 Å². The SMILES string of the molecule is CCN(CC)c1ccc(/C(COc2ccc(C(=O)O)c(O)c2)=N/NC)cc1C(C)(C)C. The molecule has 0 saturated carbocycles. The summed E-state index contributed by atoms with van der Waals surface area (Å²) in [4.78, 5) is 13.4. The van der Waals surface area contributed by atoms with E-state index in [0.29, 0.717) is 11.5 Å². The number of carboxylic acids is 1. The number of rotatable bonds is 9. The van der Waals surface area contributed by atoms with E-state index in [4.69, 9.17) is 9.84 Å². The molecule has 0 bridgehead atoms. The second-order valence-corrected chi connectivity index (χ2v) is 8.21. The molecule has 2 rings (SSSR count). The molecule has 0 amide bonds. The quantitative estimate of drug-likeness (QED) is 0.409. The number of carbonyl (C=O) groups is 1. The van der Waals surface area contributed by atoms with Crippen LogP contribution >= 0.6 is 0 Å². The molecule has 0 aliphatic carbocycles. The lowest BCUT2D eigenvalue weighted by molar-refractivity contribution is 0.0693. The summed E-state index contributed by atoms with van der Waals surface area (Å²) in [6.45, 7) is 12.9. The number of benzene rings is 2. The van der Waals surface area contributed by atoms with Crippen LogP contribution in [-0.4, -0.2) is 48.6 Å². The Kier molecular flexibility index (Phi) is 7.91. The summed E-state index contributed by atoms with van der Waals surface area (Å²) in [5.41, 5.74) is 6.66. The van der Waals surface area contributed by atoms with Crippen LogP contribution < -0.4 is 15.1 Å². The van der Waals surface area contributed by atoms with Crippen LogP contribution in [-0.2, 0) is 5.41 Å². The van der Waals surface area contributed by atoms with E-state index in [9.17, 15) is 9.90 Å². The van der Waals surface area contributed by atoms with Gasteiger partial charge in [0, 0.05) is 37.5 Å². The predicted octanol–water partition coefficient (Wildman–Crippen LogP) is 4.24. The van der Waals surface area contributed by atoms with E-state index in [-0.39, 0.29) is 23.3 Å². The van der Waals surface area contributed by atoms with E-state index >= 15 is 0 Å². The number of ether oxygens (including phenoxy) is 1. The molecule has 0 unspecified atom stereocenters. The number of aromatic carboxylic acids is 1. The molecule has 0 radical (unpaired) electrons. The molecule has 0 aliphatic heterocycles. The molecule has 2 aromatic rings. The Bertz CT molecular complexity index is 944. The second-order valence-electron chi connectivity index (χ2n) is 8.21. The maximum absolute atomic E-state index is 11.1. The zero-order valence-corrected chi connectivity index (χ0v) is 19.2. The van der Waals surface area contributed by atoms with E-state index in [0.717, 1.165) is 18.7 Å². The Hall–Kier alpha value is -3.22. The minimum Gasteiger partial charge on any atom is -0.507 e. The average molecular weight is 428 g/mol. The van der Waals surface area contributed by atoms with Crippen LogP contribution in [0.25, 0.3) is 0 Å². The van der Waals surface area contributed by atoms with Gasteiger partial charge in [-0.25, -0.2) is 4.79 Å². The summed E-state index contributed by atoms with van der Waals surface area (Å²) in [6.07, 6.45) is 0. The number of hydrogen-bond acceptors (Lipinski definition) is 6. The van der Waals surface area contributed by atoms with Gasteiger partial charge >= 0.3 is 5.97 Å². The molecule has 0 saturated heterocycles. The fourth-order valence-corrected chi connectivity index (χ4v) is 3.41. The first-order valence-corrected chi connectivity index (χ1v) is 10.4. The van der Waals surface area contributed by atoms with E-state index < -0.39 is 5.97 Å². The van der Waals surface area contributed by atoms with Gasteiger partial charge in [0.2, 0.25) is 0 Å². The molecule has 7 heteroatoms. The van der Waals surface area contributed by atoms with Gasteiger partial charge in [-0.05, 0) is 49.1 Å². The lowest BCUT2D eigenvalue weighted by Crippen LogP contribution is -2.27. The van der Waals surface area contributed by atoms with Gasteiger partial charge in [0.15, 0.2) is 0 Å². The maximum Gasteiger partial charge on any atom is 0.339 e. The Labute approximate surface area is 184 Å². The third-order valence-electron chi connectivity index (χ3n) is 5.06. The van der Waals surface area contributed by atoms with Gasteiger partial charge in [-0.1, -0.05) is 26.8 Å². The second kappa shape index (κ2) is 10.2. The number of nitrogens with zero attached hydrogens (tertiary/aromatic N) is 2. The molecule has 2 aromatic carbocycles. The summed E-state index contributed by atoms with van der Waals surface area (Å²) >= 11 is 0. The molecule has 0 spiro atoms. The van der Waals surface area contributed by atoms with E-state index in [1.54, 1.807) is 7.05 Å². The van der Waals surface area contributed by atoms with Crippen molar-refractivity contribution in [3.05, 3.63) is 53.1 Å². The van der Waals surface area contributed by atoms with Gasteiger partial charge < -0.3 is 25.3 Å². The fraction of sp³-hybridized carbons (Fsp3) is 0.417. The van der Waals surface area contributed by atoms with E-state index in [2.05, 4.69) is 62.2 Å². The van der Waals surface area contributed by atoms with Crippen LogP contribution in [0.1, 0.15) is 56.1 Å². The number of anilines is 1. The summed E-state index contributed by atoms with van der Waals surface area (Å²) in [6, 6.07) is 10.4. The Morgan fingerprint density at radius 3 is 2.32 bits per heavy atom. The minimum atomic E-state index is -1.19. The van der Waals surface area contributed by atoms with Crippen molar-refractivity contribution < 1.29 is 19.7 Å². The third kappa shape index (κ3) is 5.90. The summed E-state index contributed by atoms with van der Waals surface area (Å²) in [7, 11) is 1.72. The Morgan fingerprint density at radius 1 is 1.13 bits per heavy atom. The first-order valence-electron chi connectivity index (χ1n) is 10.4. The monoisotopic (exact) mass is 427 g/mol. The lowest BCUT2D eigenvalue weighted by Gasteiger charge is -2.30. The number of hydrazone groups is 1. The highest BCUT2D eigenvalue weighted by molar-refractivity contribution is 6.02. The Morgan fingerprint density at radius 2 is 1.81 bits per heavy atom. The van der Waals surface area contributed by atoms with Crippen molar-refractivity contribution in [3.63, 3.8) is 0 Å². The number of hydrogen-bond donors (Lipinski definition) is 3. The highest BCUT2D eigenvalue weighted by Gasteiger charge is 2.22. The van der Waals surface area contributed by atoms with Gasteiger partial charge in [-0.2, -0.15) is 5.10 Å². The van der Waals surface area contributed by atoms with Crippen molar-refractivity contribution in [2.24, 2.45) is 5.10 Å². The maximum atomic E-state index is 11.1. The van der Waals surface area contributed by atoms with Crippen LogP contribution in [0, 0.1) is 0 Å². The van der Waals surface area contributed by atoms with E-state index in [1.807, 2.05) is 6.07 Å². The van der Waals surface area contributed by atoms with Crippen LogP contribution in [0.5, 0.6) is 11.5 Å². The molecule has 168 valence electrons. The van der Waals surface area contributed by atoms with Gasteiger partial charge in [0.05, 0.1) is 0 Å². The van der Waals surface area contributed by atoms with Crippen LogP contribution in [0.4, 0.5) is 5.69 Å². The molecule has 7 nitrogen and oxygen atoms in total. The highest BCUT2D eigenvalue weighted by Crippen LogP contribution is 2.33. The van der Waals surface area contributed by atoms with Crippen molar-refractivity contribution in [2.45, 2.75) is 40.0 Å². The average Bonchev–Trinajstić information content (AvgIpc) is 2.71. The standard InChI is InChI=1S/C24H33N3O4/c1-7-27(8-2)21-12-9-16(13-19(21)24(3,4)5)20(26-25-6)15-31-17-10-11-18(23(29)30)22(28)14-17/h9-14,25,28H,7-8,15H2,1-6H3,(H,29,30)/b26-20+. The number of phenols is 1. The largest absolute Gasteiger partial charge is 0.507 e. The number of carboxylic acid groups (broad SMARTS) is 1.